The molecule has 144 valence electrons. The number of nitrogens with one attached hydrogen (secondary N) is 1. The van der Waals surface area contributed by atoms with Crippen molar-refractivity contribution in [1.29, 1.82) is 0 Å². The van der Waals surface area contributed by atoms with E-state index in [1.54, 1.807) is 24.3 Å². The highest BCUT2D eigenvalue weighted by Gasteiger charge is 2.18. The van der Waals surface area contributed by atoms with Crippen LogP contribution < -0.4 is 19.9 Å². The molecule has 27 heavy (non-hydrogen) atoms. The molecule has 9 heteroatoms. The van der Waals surface area contributed by atoms with Crippen molar-refractivity contribution in [3.63, 3.8) is 0 Å². The summed E-state index contributed by atoms with van der Waals surface area (Å²) in [5, 5.41) is 8.20. The molecule has 1 aliphatic heterocycles. The lowest BCUT2D eigenvalue weighted by molar-refractivity contribution is 0.0953. The summed E-state index contributed by atoms with van der Waals surface area (Å²) in [4.78, 5) is 12.4. The Bertz CT molecular complexity index is 945. The molecule has 0 bridgehead atoms. The largest absolute Gasteiger partial charge is 0.489 e. The van der Waals surface area contributed by atoms with Crippen LogP contribution >= 0.6 is 11.6 Å². The van der Waals surface area contributed by atoms with Gasteiger partial charge in [-0.05, 0) is 36.2 Å². The molecule has 2 aromatic rings. The highest BCUT2D eigenvalue weighted by molar-refractivity contribution is 7.89. The van der Waals surface area contributed by atoms with E-state index in [0.29, 0.717) is 48.3 Å². The van der Waals surface area contributed by atoms with Crippen LogP contribution in [0.25, 0.3) is 0 Å². The maximum atomic E-state index is 12.4. The van der Waals surface area contributed by atoms with Crippen LogP contribution in [0, 0.1) is 0 Å². The Kier molecular flexibility index (Phi) is 5.88. The van der Waals surface area contributed by atoms with Gasteiger partial charge >= 0.3 is 0 Å². The topological polar surface area (TPSA) is 108 Å². The lowest BCUT2D eigenvalue weighted by Crippen LogP contribution is -2.25. The Labute approximate surface area is 162 Å². The normalized spacial score (nSPS) is 13.7. The zero-order chi connectivity index (χ0) is 19.4. The molecule has 0 fully saturated rings. The molecule has 2 aromatic carbocycles. The number of carbonyl (C=O) groups is 1. The van der Waals surface area contributed by atoms with Crippen molar-refractivity contribution in [2.24, 2.45) is 5.14 Å². The summed E-state index contributed by atoms with van der Waals surface area (Å²) in [5.74, 6) is 0.637. The summed E-state index contributed by atoms with van der Waals surface area (Å²) < 4.78 is 33.6. The number of sulfonamides is 1. The summed E-state index contributed by atoms with van der Waals surface area (Å²) in [6, 6.07) is 9.37. The Morgan fingerprint density at radius 2 is 1.85 bits per heavy atom. The number of carbonyl (C=O) groups excluding carboxylic acids is 1. The van der Waals surface area contributed by atoms with Crippen LogP contribution in [0.1, 0.15) is 22.3 Å². The van der Waals surface area contributed by atoms with E-state index < -0.39 is 10.0 Å². The van der Waals surface area contributed by atoms with Crippen LogP contribution in [0.15, 0.2) is 41.3 Å². The summed E-state index contributed by atoms with van der Waals surface area (Å²) in [7, 11) is -3.71. The SMILES string of the molecule is NS(=O)(=O)c1ccc(CCNC(=O)c2cc(Cl)c3c(c2)OCCCO3)cc1. The molecule has 1 heterocycles. The minimum atomic E-state index is -3.71. The number of amides is 1. The standard InChI is InChI=1S/C18H19ClN2O5S/c19-15-10-13(11-16-17(15)26-9-1-8-25-16)18(22)21-7-6-12-2-4-14(5-3-12)27(20,23)24/h2-5,10-11H,1,6-9H2,(H,21,22)(H2,20,23,24). The van der Waals surface area contributed by atoms with Crippen molar-refractivity contribution in [3.8, 4) is 11.5 Å². The van der Waals surface area contributed by atoms with E-state index in [4.69, 9.17) is 26.2 Å². The zero-order valence-electron chi connectivity index (χ0n) is 14.4. The van der Waals surface area contributed by atoms with Crippen LogP contribution in [-0.4, -0.2) is 34.1 Å². The van der Waals surface area contributed by atoms with Crippen molar-refractivity contribution >= 4 is 27.5 Å². The average Bonchev–Trinajstić information content (AvgIpc) is 2.87. The molecule has 0 aliphatic carbocycles. The number of fused-ring (bicyclic) bond motifs is 1. The molecule has 1 aliphatic rings. The Hall–Kier alpha value is -2.29. The van der Waals surface area contributed by atoms with E-state index in [0.717, 1.165) is 12.0 Å². The minimum Gasteiger partial charge on any atom is -0.489 e. The molecule has 0 radical (unpaired) electrons. The molecule has 0 saturated carbocycles. The predicted octanol–water partition coefficient (Wildman–Crippen LogP) is 2.12. The lowest BCUT2D eigenvalue weighted by atomic mass is 10.1. The van der Waals surface area contributed by atoms with Crippen molar-refractivity contribution in [2.75, 3.05) is 19.8 Å². The van der Waals surface area contributed by atoms with Crippen molar-refractivity contribution in [2.45, 2.75) is 17.7 Å². The van der Waals surface area contributed by atoms with Gasteiger partial charge in [0.2, 0.25) is 10.0 Å². The smallest absolute Gasteiger partial charge is 0.251 e. The number of benzene rings is 2. The second kappa shape index (κ2) is 8.16. The molecular weight excluding hydrogens is 392 g/mol. The molecule has 1 amide bonds. The van der Waals surface area contributed by atoms with Gasteiger partial charge in [0, 0.05) is 18.5 Å². The van der Waals surface area contributed by atoms with Crippen LogP contribution in [0.5, 0.6) is 11.5 Å². The van der Waals surface area contributed by atoms with Crippen molar-refractivity contribution in [3.05, 3.63) is 52.5 Å². The summed E-state index contributed by atoms with van der Waals surface area (Å²) in [6.45, 7) is 1.39. The van der Waals surface area contributed by atoms with Crippen molar-refractivity contribution in [1.82, 2.24) is 5.32 Å². The average molecular weight is 411 g/mol. The highest BCUT2D eigenvalue weighted by Crippen LogP contribution is 2.37. The molecular formula is C18H19ClN2O5S. The second-order valence-corrected chi connectivity index (χ2v) is 8.00. The molecule has 0 spiro atoms. The third-order valence-corrected chi connectivity index (χ3v) is 5.23. The van der Waals surface area contributed by atoms with Gasteiger partial charge in [0.15, 0.2) is 11.5 Å². The van der Waals surface area contributed by atoms with Gasteiger partial charge in [-0.2, -0.15) is 0 Å². The number of primary sulfonamides is 1. The van der Waals surface area contributed by atoms with Crippen LogP contribution in [0.3, 0.4) is 0 Å². The zero-order valence-corrected chi connectivity index (χ0v) is 16.0. The number of halogens is 1. The molecule has 0 aromatic heterocycles. The summed E-state index contributed by atoms with van der Waals surface area (Å²) in [5.41, 5.74) is 1.26. The molecule has 3 N–H and O–H groups in total. The van der Waals surface area contributed by atoms with Gasteiger partial charge in [-0.3, -0.25) is 4.79 Å². The maximum Gasteiger partial charge on any atom is 0.251 e. The van der Waals surface area contributed by atoms with Crippen molar-refractivity contribution < 1.29 is 22.7 Å². The highest BCUT2D eigenvalue weighted by atomic mass is 35.5. The molecule has 0 atom stereocenters. The monoisotopic (exact) mass is 410 g/mol. The van der Waals surface area contributed by atoms with E-state index in [2.05, 4.69) is 5.32 Å². The van der Waals surface area contributed by atoms with Crippen LogP contribution in [0.2, 0.25) is 5.02 Å². The fourth-order valence-corrected chi connectivity index (χ4v) is 3.41. The first kappa shape index (κ1) is 19.5. The Balaban J connectivity index is 1.61. The fraction of sp³-hybridized carbons (Fsp3) is 0.278. The first-order valence-corrected chi connectivity index (χ1v) is 10.3. The Morgan fingerprint density at radius 3 is 2.56 bits per heavy atom. The predicted molar refractivity (Wildman–Crippen MR) is 101 cm³/mol. The number of ether oxygens (including phenoxy) is 2. The lowest BCUT2D eigenvalue weighted by Gasteiger charge is -2.12. The van der Waals surface area contributed by atoms with Crippen LogP contribution in [0.4, 0.5) is 0 Å². The Morgan fingerprint density at radius 1 is 1.15 bits per heavy atom. The number of hydrogen-bond donors (Lipinski definition) is 2. The maximum absolute atomic E-state index is 12.4. The van der Waals surface area contributed by atoms with E-state index in [1.807, 2.05) is 0 Å². The van der Waals surface area contributed by atoms with Gasteiger partial charge in [-0.25, -0.2) is 13.6 Å². The third kappa shape index (κ3) is 4.91. The minimum absolute atomic E-state index is 0.0529. The van der Waals surface area contributed by atoms with Gasteiger partial charge < -0.3 is 14.8 Å². The van der Waals surface area contributed by atoms with Gasteiger partial charge in [0.1, 0.15) is 0 Å². The first-order valence-electron chi connectivity index (χ1n) is 8.34. The van der Waals surface area contributed by atoms with E-state index in [9.17, 15) is 13.2 Å². The van der Waals surface area contributed by atoms with Gasteiger partial charge in [-0.1, -0.05) is 23.7 Å². The number of rotatable bonds is 5. The summed E-state index contributed by atoms with van der Waals surface area (Å²) >= 11 is 6.20. The van der Waals surface area contributed by atoms with E-state index >= 15 is 0 Å². The molecule has 7 nitrogen and oxygen atoms in total. The number of nitrogens with two attached hydrogens (primary N) is 1. The van der Waals surface area contributed by atoms with E-state index in [-0.39, 0.29) is 10.8 Å². The molecule has 0 saturated heterocycles. The quantitative estimate of drug-likeness (QED) is 0.784. The van der Waals surface area contributed by atoms with Gasteiger partial charge in [0.05, 0.1) is 23.1 Å². The second-order valence-electron chi connectivity index (χ2n) is 6.03. The van der Waals surface area contributed by atoms with Crippen LogP contribution in [-0.2, 0) is 16.4 Å². The van der Waals surface area contributed by atoms with E-state index in [1.165, 1.54) is 12.1 Å². The molecule has 0 unspecified atom stereocenters. The third-order valence-electron chi connectivity index (χ3n) is 4.02. The molecule has 3 rings (SSSR count). The van der Waals surface area contributed by atoms with Gasteiger partial charge in [-0.15, -0.1) is 0 Å². The van der Waals surface area contributed by atoms with Gasteiger partial charge in [0.25, 0.3) is 5.91 Å². The fourth-order valence-electron chi connectivity index (χ4n) is 2.63. The first-order chi connectivity index (χ1) is 12.8. The number of hydrogen-bond acceptors (Lipinski definition) is 5. The summed E-state index contributed by atoms with van der Waals surface area (Å²) in [6.07, 6.45) is 1.28.